The first-order valence-corrected chi connectivity index (χ1v) is 22.7. The van der Waals surface area contributed by atoms with E-state index in [2.05, 4.69) is 11.8 Å². The molecule has 1 saturated carbocycles. The van der Waals surface area contributed by atoms with Crippen molar-refractivity contribution in [3.63, 3.8) is 0 Å². The van der Waals surface area contributed by atoms with E-state index in [1.807, 2.05) is 67.6 Å². The molecule has 0 aromatic heterocycles. The average molecular weight is 846 g/mol. The topological polar surface area (TPSA) is 201 Å². The Labute approximate surface area is 376 Å². The van der Waals surface area contributed by atoms with Crippen molar-refractivity contribution >= 4 is 16.1 Å². The van der Waals surface area contributed by atoms with Crippen LogP contribution in [0.3, 0.4) is 0 Å². The van der Waals surface area contributed by atoms with Gasteiger partial charge in [-0.25, -0.2) is 13.4 Å². The summed E-state index contributed by atoms with van der Waals surface area (Å²) in [5.41, 5.74) is 14.8. The van der Waals surface area contributed by atoms with Crippen LogP contribution in [0.1, 0.15) is 130 Å². The van der Waals surface area contributed by atoms with Gasteiger partial charge in [-0.05, 0) is 122 Å². The van der Waals surface area contributed by atoms with Crippen LogP contribution in [0.5, 0.6) is 11.5 Å². The second-order valence-electron chi connectivity index (χ2n) is 17.7. The van der Waals surface area contributed by atoms with Crippen LogP contribution in [0.25, 0.3) is 0 Å². The number of guanidine groups is 1. The summed E-state index contributed by atoms with van der Waals surface area (Å²) in [7, 11) is -4.86. The number of benzene rings is 3. The summed E-state index contributed by atoms with van der Waals surface area (Å²) in [6, 6.07) is 20.4. The molecule has 2 aliphatic carbocycles. The molecular formula is C47H56N3NaO8S. The first-order valence-electron chi connectivity index (χ1n) is 21.2. The number of aromatic hydroxyl groups is 1. The van der Waals surface area contributed by atoms with Crippen LogP contribution < -0.4 is 45.8 Å². The molecule has 11 nitrogen and oxygen atoms in total. The van der Waals surface area contributed by atoms with Crippen molar-refractivity contribution < 1.29 is 67.3 Å². The summed E-state index contributed by atoms with van der Waals surface area (Å²) in [6.45, 7) is 1.94. The van der Waals surface area contributed by atoms with E-state index >= 15 is 0 Å². The number of aliphatic hydroxyl groups excluding tert-OH is 1. The maximum absolute atomic E-state index is 13.8. The van der Waals surface area contributed by atoms with E-state index in [4.69, 9.17) is 25.9 Å². The van der Waals surface area contributed by atoms with Crippen LogP contribution in [-0.4, -0.2) is 57.8 Å². The van der Waals surface area contributed by atoms with Gasteiger partial charge in [-0.3, -0.25) is 0 Å². The Morgan fingerprint density at radius 3 is 2.37 bits per heavy atom. The first-order chi connectivity index (χ1) is 28.3. The van der Waals surface area contributed by atoms with Gasteiger partial charge in [0.15, 0.2) is 5.96 Å². The number of aliphatic imine (C=N–C) groups is 1. The number of fused-ring (bicyclic) bond motifs is 7. The molecule has 8 bridgehead atoms. The Morgan fingerprint density at radius 1 is 0.983 bits per heavy atom. The molecule has 13 heteroatoms. The molecule has 0 spiro atoms. The average Bonchev–Trinajstić information content (AvgIpc) is 3.59. The van der Waals surface area contributed by atoms with Gasteiger partial charge >= 0.3 is 29.6 Å². The van der Waals surface area contributed by atoms with Gasteiger partial charge < -0.3 is 40.8 Å². The van der Waals surface area contributed by atoms with E-state index in [1.165, 1.54) is 0 Å². The zero-order valence-corrected chi connectivity index (χ0v) is 37.4. The van der Waals surface area contributed by atoms with E-state index in [-0.39, 0.29) is 84.1 Å². The van der Waals surface area contributed by atoms with Crippen LogP contribution >= 0.6 is 0 Å². The molecular weight excluding hydrogens is 790 g/mol. The number of ether oxygens (including phenoxy) is 2. The van der Waals surface area contributed by atoms with Crippen LogP contribution in [0.2, 0.25) is 0 Å². The van der Waals surface area contributed by atoms with Crippen molar-refractivity contribution in [1.29, 1.82) is 0 Å². The number of hydrogen-bond acceptors (Lipinski definition) is 9. The number of phenolic OH excluding ortho intramolecular Hbond substituents is 1. The summed E-state index contributed by atoms with van der Waals surface area (Å²) >= 11 is 0. The fourth-order valence-electron chi connectivity index (χ4n) is 10.8. The minimum absolute atomic E-state index is 0. The van der Waals surface area contributed by atoms with Gasteiger partial charge in [-0.15, -0.1) is 0 Å². The summed E-state index contributed by atoms with van der Waals surface area (Å²) in [5.74, 6) is 5.23. The van der Waals surface area contributed by atoms with Gasteiger partial charge in [0.25, 0.3) is 0 Å². The molecule has 0 radical (unpaired) electrons. The van der Waals surface area contributed by atoms with Gasteiger partial charge in [0.2, 0.25) is 5.72 Å². The molecule has 2 fully saturated rings. The quantitative estimate of drug-likeness (QED) is 0.0583. The van der Waals surface area contributed by atoms with Gasteiger partial charge in [-0.1, -0.05) is 80.1 Å². The molecule has 7 N–H and O–H groups in total. The predicted octanol–water partition coefficient (Wildman–Crippen LogP) is 3.73. The molecule has 9 atom stereocenters. The predicted molar refractivity (Wildman–Crippen MR) is 224 cm³/mol. The van der Waals surface area contributed by atoms with Crippen molar-refractivity contribution in [1.82, 2.24) is 0 Å². The molecule has 314 valence electrons. The standard InChI is InChI=1S/C47H57N3O8S.Na/c1-2-30-27-42(59(54,55)56)41-26-35-23-34(25-39-22-29(28-51)6-5-7-33-24-37(52)14-17-40(33)44(35)57-39)43(41)32-8-12-36(13-9-32)47(50-45(48)49,21-20-46(53)18-3-4-19-46)58-38-15-10-31(30)11-16-38;/h8-17,24,26,29-30,34,39,41-44,51-53H,2-4,6,18-23,25,27-28H2,1H3,(H4,48,49,50)(H,54,55,56);/q;+1/p-1. The van der Waals surface area contributed by atoms with Crippen molar-refractivity contribution in [3.05, 3.63) is 106 Å². The third-order valence-corrected chi connectivity index (χ3v) is 15.1. The zero-order chi connectivity index (χ0) is 41.5. The van der Waals surface area contributed by atoms with Crippen LogP contribution in [0, 0.1) is 29.6 Å². The third kappa shape index (κ3) is 9.35. The van der Waals surface area contributed by atoms with Gasteiger partial charge in [-0.2, -0.15) is 0 Å². The normalized spacial score (nSPS) is 30.6. The number of nitrogens with two attached hydrogens (primary N) is 2. The molecule has 3 aromatic rings. The monoisotopic (exact) mass is 845 g/mol. The minimum atomic E-state index is -4.86. The Bertz CT molecular complexity index is 2250. The third-order valence-electron chi connectivity index (χ3n) is 13.8. The molecule has 0 amide bonds. The Kier molecular flexibility index (Phi) is 13.5. The van der Waals surface area contributed by atoms with E-state index in [9.17, 15) is 28.3 Å². The van der Waals surface area contributed by atoms with E-state index < -0.39 is 38.7 Å². The fourth-order valence-corrected chi connectivity index (χ4v) is 11.9. The van der Waals surface area contributed by atoms with Crippen LogP contribution in [-0.2, 0) is 20.6 Å². The molecule has 6 heterocycles. The van der Waals surface area contributed by atoms with Gasteiger partial charge in [0.05, 0.1) is 27.1 Å². The van der Waals surface area contributed by atoms with E-state index in [0.717, 1.165) is 35.1 Å². The summed E-state index contributed by atoms with van der Waals surface area (Å²) in [4.78, 5) is 4.77. The summed E-state index contributed by atoms with van der Waals surface area (Å²) in [6.07, 6.45) is 7.95. The molecule has 6 aliphatic heterocycles. The number of allylic oxidation sites excluding steroid dienone is 1. The Morgan fingerprint density at radius 2 is 1.70 bits per heavy atom. The smallest absolute Gasteiger partial charge is 0.748 e. The van der Waals surface area contributed by atoms with Crippen molar-refractivity contribution in [2.75, 3.05) is 6.61 Å². The molecule has 3 aromatic carbocycles. The van der Waals surface area contributed by atoms with E-state index in [1.54, 1.807) is 12.1 Å². The largest absolute Gasteiger partial charge is 1.00 e. The van der Waals surface area contributed by atoms with Crippen molar-refractivity contribution in [2.24, 2.45) is 34.2 Å². The van der Waals surface area contributed by atoms with Gasteiger partial charge in [0, 0.05) is 36.1 Å². The number of phenols is 1. The summed E-state index contributed by atoms with van der Waals surface area (Å²) < 4.78 is 55.2. The second-order valence-corrected chi connectivity index (χ2v) is 19.3. The molecule has 60 heavy (non-hydrogen) atoms. The maximum Gasteiger partial charge on any atom is 1.00 e. The fraction of sp³-hybridized carbons (Fsp3) is 0.511. The summed E-state index contributed by atoms with van der Waals surface area (Å²) in [5, 5.41) is 31.2. The van der Waals surface area contributed by atoms with Gasteiger partial charge in [0.1, 0.15) is 17.6 Å². The van der Waals surface area contributed by atoms with Crippen molar-refractivity contribution in [3.8, 4) is 23.3 Å². The first kappa shape index (κ1) is 44.7. The number of hydrogen-bond donors (Lipinski definition) is 5. The Balaban J connectivity index is 0.00000544. The molecule has 9 unspecified atom stereocenters. The van der Waals surface area contributed by atoms with E-state index in [0.29, 0.717) is 74.7 Å². The molecule has 11 rings (SSSR count). The Hall–Kier alpha value is -3.38. The van der Waals surface area contributed by atoms with Crippen molar-refractivity contribution in [2.45, 2.75) is 125 Å². The maximum atomic E-state index is 13.8. The van der Waals surface area contributed by atoms with Crippen LogP contribution in [0.4, 0.5) is 0 Å². The molecule has 8 aliphatic rings. The minimum Gasteiger partial charge on any atom is -0.748 e. The number of aliphatic hydroxyl groups is 2. The SMILES string of the molecule is CCC1CC(S(=O)(=O)[O-])C2C=C3CC(CC4CC(CO)CC#Cc5cc(O)ccc5C3O4)C2c2ccc(cc2)C(CCC2(O)CCCC2)(N=C(N)N)Oc2ccc1cc2.[Na+]. The number of rotatable bonds is 7. The molecule has 1 saturated heterocycles. The number of nitrogens with zero attached hydrogens (tertiary/aromatic N) is 1. The zero-order valence-electron chi connectivity index (χ0n) is 34.6. The van der Waals surface area contributed by atoms with Crippen LogP contribution in [0.15, 0.2) is 83.4 Å². The second kappa shape index (κ2) is 18.1.